The highest BCUT2D eigenvalue weighted by atomic mass is 35.5. The van der Waals surface area contributed by atoms with E-state index in [1.807, 2.05) is 6.92 Å². The number of carbonyl (C=O) groups excluding carboxylic acids is 2. The second-order valence-electron chi connectivity index (χ2n) is 4.01. The lowest BCUT2D eigenvalue weighted by Gasteiger charge is -2.08. The van der Waals surface area contributed by atoms with Crippen molar-refractivity contribution in [1.29, 1.82) is 0 Å². The average Bonchev–Trinajstić information content (AvgIpc) is 2.77. The predicted octanol–water partition coefficient (Wildman–Crippen LogP) is 1.74. The number of carbonyl (C=O) groups is 2. The lowest BCUT2D eigenvalue weighted by atomic mass is 10.2. The number of anilines is 1. The molecule has 0 saturated carbocycles. The second kappa shape index (κ2) is 9.68. The van der Waals surface area contributed by atoms with E-state index in [9.17, 15) is 9.59 Å². The molecule has 3 N–H and O–H groups in total. The minimum atomic E-state index is -0.526. The minimum Gasteiger partial charge on any atom is -0.466 e. The van der Waals surface area contributed by atoms with Crippen LogP contribution in [0.2, 0.25) is 0 Å². The van der Waals surface area contributed by atoms with Crippen LogP contribution in [0.3, 0.4) is 0 Å². The maximum absolute atomic E-state index is 11.7. The number of hydrogen-bond acceptors (Lipinski definition) is 6. The van der Waals surface area contributed by atoms with Crippen LogP contribution in [0.4, 0.5) is 5.13 Å². The summed E-state index contributed by atoms with van der Waals surface area (Å²) in [6.07, 6.45) is 1.59. The number of ether oxygens (including phenoxy) is 1. The molecule has 1 heterocycles. The first kappa shape index (κ1) is 18.8. The van der Waals surface area contributed by atoms with Gasteiger partial charge in [0, 0.05) is 5.38 Å². The highest BCUT2D eigenvalue weighted by Crippen LogP contribution is 2.16. The van der Waals surface area contributed by atoms with Crippen molar-refractivity contribution < 1.29 is 14.3 Å². The first-order valence-corrected chi connectivity index (χ1v) is 7.11. The first-order chi connectivity index (χ1) is 9.06. The van der Waals surface area contributed by atoms with Gasteiger partial charge in [0.25, 0.3) is 0 Å². The number of thiazole rings is 1. The van der Waals surface area contributed by atoms with Gasteiger partial charge in [-0.15, -0.1) is 23.7 Å². The number of nitrogens with zero attached hydrogens (tertiary/aromatic N) is 1. The van der Waals surface area contributed by atoms with Gasteiger partial charge in [-0.1, -0.05) is 13.3 Å². The molecule has 0 aliphatic heterocycles. The summed E-state index contributed by atoms with van der Waals surface area (Å²) in [5, 5.41) is 4.82. The van der Waals surface area contributed by atoms with Gasteiger partial charge in [0.2, 0.25) is 5.91 Å². The zero-order valence-electron chi connectivity index (χ0n) is 11.5. The van der Waals surface area contributed by atoms with Gasteiger partial charge in [-0.2, -0.15) is 0 Å². The molecule has 0 aliphatic carbocycles. The van der Waals surface area contributed by atoms with Gasteiger partial charge in [0.1, 0.15) is 0 Å². The third-order valence-electron chi connectivity index (χ3n) is 2.35. The zero-order valence-corrected chi connectivity index (χ0v) is 13.2. The molecule has 20 heavy (non-hydrogen) atoms. The lowest BCUT2D eigenvalue weighted by molar-refractivity contribution is -0.142. The molecule has 1 aromatic heterocycles. The zero-order chi connectivity index (χ0) is 14.3. The molecule has 1 atom stereocenters. The standard InChI is InChI=1S/C12H19N3O3S.ClH/c1-3-5-9(13)11(17)15-12-14-8(7-19-12)6-10(16)18-4-2;/h7,9H,3-6,13H2,1-2H3,(H,14,15,17);1H. The van der Waals surface area contributed by atoms with Crippen LogP contribution in [-0.2, 0) is 20.7 Å². The molecule has 0 fully saturated rings. The number of rotatable bonds is 7. The molecule has 1 amide bonds. The molecule has 0 aromatic carbocycles. The topological polar surface area (TPSA) is 94.3 Å². The largest absolute Gasteiger partial charge is 0.466 e. The van der Waals surface area contributed by atoms with Crippen molar-refractivity contribution in [3.8, 4) is 0 Å². The number of aromatic nitrogens is 1. The van der Waals surface area contributed by atoms with E-state index in [-0.39, 0.29) is 30.7 Å². The lowest BCUT2D eigenvalue weighted by Crippen LogP contribution is -2.35. The van der Waals surface area contributed by atoms with E-state index in [1.54, 1.807) is 12.3 Å². The Morgan fingerprint density at radius 2 is 2.20 bits per heavy atom. The van der Waals surface area contributed by atoms with E-state index in [1.165, 1.54) is 11.3 Å². The summed E-state index contributed by atoms with van der Waals surface area (Å²) in [6, 6.07) is -0.526. The minimum absolute atomic E-state index is 0. The molecular formula is C12H20ClN3O3S. The van der Waals surface area contributed by atoms with Gasteiger partial charge in [0.15, 0.2) is 5.13 Å². The Kier molecular flexibility index (Phi) is 9.11. The van der Waals surface area contributed by atoms with Gasteiger partial charge in [-0.25, -0.2) is 4.98 Å². The first-order valence-electron chi connectivity index (χ1n) is 6.23. The molecule has 0 aliphatic rings. The Bertz CT molecular complexity index is 439. The number of nitrogens with one attached hydrogen (secondary N) is 1. The fraction of sp³-hybridized carbons (Fsp3) is 0.583. The quantitative estimate of drug-likeness (QED) is 0.746. The van der Waals surface area contributed by atoms with Crippen molar-refractivity contribution >= 4 is 40.8 Å². The summed E-state index contributed by atoms with van der Waals surface area (Å²) in [7, 11) is 0. The van der Waals surface area contributed by atoms with Gasteiger partial charge >= 0.3 is 5.97 Å². The van der Waals surface area contributed by atoms with Crippen LogP contribution < -0.4 is 11.1 Å². The van der Waals surface area contributed by atoms with Crippen LogP contribution in [0.5, 0.6) is 0 Å². The predicted molar refractivity (Wildman–Crippen MR) is 81.2 cm³/mol. The van der Waals surface area contributed by atoms with Crippen LogP contribution in [0.25, 0.3) is 0 Å². The van der Waals surface area contributed by atoms with Crippen LogP contribution in [0.15, 0.2) is 5.38 Å². The van der Waals surface area contributed by atoms with Crippen molar-refractivity contribution in [3.05, 3.63) is 11.1 Å². The molecule has 8 heteroatoms. The maximum atomic E-state index is 11.7. The molecule has 0 saturated heterocycles. The molecule has 114 valence electrons. The smallest absolute Gasteiger partial charge is 0.311 e. The van der Waals surface area contributed by atoms with E-state index < -0.39 is 6.04 Å². The summed E-state index contributed by atoms with van der Waals surface area (Å²) in [4.78, 5) is 27.1. The summed E-state index contributed by atoms with van der Waals surface area (Å²) in [5.41, 5.74) is 6.28. The van der Waals surface area contributed by atoms with Crippen LogP contribution in [-0.4, -0.2) is 29.5 Å². The Hall–Kier alpha value is -1.18. The maximum Gasteiger partial charge on any atom is 0.311 e. The SMILES string of the molecule is CCCC(N)C(=O)Nc1nc(CC(=O)OCC)cs1.Cl. The molecule has 6 nitrogen and oxygen atoms in total. The highest BCUT2D eigenvalue weighted by molar-refractivity contribution is 7.13. The fourth-order valence-corrected chi connectivity index (χ4v) is 2.16. The van der Waals surface area contributed by atoms with Crippen LogP contribution in [0.1, 0.15) is 32.4 Å². The Morgan fingerprint density at radius 1 is 1.50 bits per heavy atom. The van der Waals surface area contributed by atoms with Gasteiger partial charge in [0.05, 0.1) is 24.8 Å². The van der Waals surface area contributed by atoms with Gasteiger partial charge < -0.3 is 15.8 Å². The third-order valence-corrected chi connectivity index (χ3v) is 3.16. The fourth-order valence-electron chi connectivity index (χ4n) is 1.45. The van der Waals surface area contributed by atoms with Crippen molar-refractivity contribution in [1.82, 2.24) is 4.98 Å². The summed E-state index contributed by atoms with van der Waals surface area (Å²) in [5.74, 6) is -0.577. The van der Waals surface area contributed by atoms with Crippen molar-refractivity contribution in [2.45, 2.75) is 39.2 Å². The Balaban J connectivity index is 0.00000361. The summed E-state index contributed by atoms with van der Waals surface area (Å²) >= 11 is 1.27. The summed E-state index contributed by atoms with van der Waals surface area (Å²) < 4.78 is 4.82. The molecule has 1 aromatic rings. The molecule has 1 unspecified atom stereocenters. The second-order valence-corrected chi connectivity index (χ2v) is 4.87. The van der Waals surface area contributed by atoms with Crippen molar-refractivity contribution in [2.75, 3.05) is 11.9 Å². The van der Waals surface area contributed by atoms with Crippen molar-refractivity contribution in [2.24, 2.45) is 5.73 Å². The van der Waals surface area contributed by atoms with E-state index in [0.29, 0.717) is 23.9 Å². The van der Waals surface area contributed by atoms with E-state index in [0.717, 1.165) is 6.42 Å². The van der Waals surface area contributed by atoms with Crippen LogP contribution in [0, 0.1) is 0 Å². The van der Waals surface area contributed by atoms with Gasteiger partial charge in [-0.05, 0) is 13.3 Å². The Morgan fingerprint density at radius 3 is 2.80 bits per heavy atom. The van der Waals surface area contributed by atoms with Crippen molar-refractivity contribution in [3.63, 3.8) is 0 Å². The number of esters is 1. The Labute approximate surface area is 128 Å². The molecule has 0 radical (unpaired) electrons. The highest BCUT2D eigenvalue weighted by Gasteiger charge is 2.15. The molecular weight excluding hydrogens is 302 g/mol. The third kappa shape index (κ3) is 6.31. The normalized spacial score (nSPS) is 11.3. The number of nitrogens with two attached hydrogens (primary N) is 1. The van der Waals surface area contributed by atoms with Gasteiger partial charge in [-0.3, -0.25) is 9.59 Å². The van der Waals surface area contributed by atoms with E-state index in [4.69, 9.17) is 10.5 Å². The average molecular weight is 322 g/mol. The van der Waals surface area contributed by atoms with E-state index >= 15 is 0 Å². The molecule has 0 bridgehead atoms. The number of halogens is 1. The monoisotopic (exact) mass is 321 g/mol. The number of hydrogen-bond donors (Lipinski definition) is 2. The summed E-state index contributed by atoms with van der Waals surface area (Å²) in [6.45, 7) is 4.06. The molecule has 1 rings (SSSR count). The molecule has 0 spiro atoms. The number of amides is 1. The van der Waals surface area contributed by atoms with Crippen LogP contribution >= 0.6 is 23.7 Å². The van der Waals surface area contributed by atoms with E-state index in [2.05, 4.69) is 10.3 Å².